The van der Waals surface area contributed by atoms with Crippen molar-refractivity contribution in [3.63, 3.8) is 0 Å². The number of aliphatic hydroxyl groups is 1. The minimum Gasteiger partial charge on any atom is -0.457 e. The SMILES string of the molecule is OCCNCc1cc(Oc2ccc(Cl)cc2)ccn1. The van der Waals surface area contributed by atoms with E-state index in [0.29, 0.717) is 18.1 Å². The van der Waals surface area contributed by atoms with Crippen LogP contribution >= 0.6 is 11.6 Å². The molecule has 0 saturated carbocycles. The van der Waals surface area contributed by atoms with Gasteiger partial charge in [-0.15, -0.1) is 0 Å². The summed E-state index contributed by atoms with van der Waals surface area (Å²) < 4.78 is 5.70. The van der Waals surface area contributed by atoms with E-state index in [1.54, 1.807) is 24.4 Å². The molecular formula is C14H15ClN2O2. The van der Waals surface area contributed by atoms with Crippen molar-refractivity contribution in [1.29, 1.82) is 0 Å². The Morgan fingerprint density at radius 3 is 2.68 bits per heavy atom. The van der Waals surface area contributed by atoms with Crippen LogP contribution in [0.2, 0.25) is 5.02 Å². The van der Waals surface area contributed by atoms with Crippen LogP contribution in [0.5, 0.6) is 11.5 Å². The third kappa shape index (κ3) is 4.52. The highest BCUT2D eigenvalue weighted by Gasteiger charge is 2.00. The minimum absolute atomic E-state index is 0.112. The standard InChI is InChI=1S/C14H15ClN2O2/c15-11-1-3-13(4-2-11)19-14-5-6-17-12(9-14)10-16-7-8-18/h1-6,9,16,18H,7-8,10H2. The summed E-state index contributed by atoms with van der Waals surface area (Å²) in [7, 11) is 0. The summed E-state index contributed by atoms with van der Waals surface area (Å²) in [6.45, 7) is 1.25. The van der Waals surface area contributed by atoms with Crippen LogP contribution in [0.3, 0.4) is 0 Å². The molecule has 0 fully saturated rings. The third-order valence-corrected chi connectivity index (χ3v) is 2.68. The van der Waals surface area contributed by atoms with Gasteiger partial charge in [-0.25, -0.2) is 0 Å². The van der Waals surface area contributed by atoms with Crippen molar-refractivity contribution in [3.8, 4) is 11.5 Å². The van der Waals surface area contributed by atoms with E-state index in [-0.39, 0.29) is 6.61 Å². The maximum Gasteiger partial charge on any atom is 0.130 e. The lowest BCUT2D eigenvalue weighted by atomic mass is 10.3. The number of nitrogens with one attached hydrogen (secondary N) is 1. The molecule has 2 aromatic rings. The number of rotatable bonds is 6. The molecule has 1 aromatic heterocycles. The molecule has 0 aliphatic carbocycles. The van der Waals surface area contributed by atoms with Crippen molar-refractivity contribution < 1.29 is 9.84 Å². The Labute approximate surface area is 117 Å². The number of ether oxygens (including phenoxy) is 1. The normalized spacial score (nSPS) is 10.4. The molecule has 0 radical (unpaired) electrons. The van der Waals surface area contributed by atoms with Crippen LogP contribution in [0.4, 0.5) is 0 Å². The van der Waals surface area contributed by atoms with Crippen LogP contribution < -0.4 is 10.1 Å². The molecule has 4 nitrogen and oxygen atoms in total. The average Bonchev–Trinajstić information content (AvgIpc) is 2.42. The second-order valence-corrected chi connectivity index (χ2v) is 4.38. The number of benzene rings is 1. The van der Waals surface area contributed by atoms with Crippen LogP contribution in [0.25, 0.3) is 0 Å². The minimum atomic E-state index is 0.112. The zero-order chi connectivity index (χ0) is 13.5. The Kier molecular flexibility index (Phi) is 5.15. The van der Waals surface area contributed by atoms with Gasteiger partial charge in [0.05, 0.1) is 12.3 Å². The van der Waals surface area contributed by atoms with Crippen molar-refractivity contribution >= 4 is 11.6 Å². The molecule has 0 bridgehead atoms. The summed E-state index contributed by atoms with van der Waals surface area (Å²) in [6, 6.07) is 10.8. The fourth-order valence-electron chi connectivity index (χ4n) is 1.55. The molecule has 0 unspecified atom stereocenters. The lowest BCUT2D eigenvalue weighted by Crippen LogP contribution is -2.18. The predicted octanol–water partition coefficient (Wildman–Crippen LogP) is 2.61. The van der Waals surface area contributed by atoms with E-state index in [0.717, 1.165) is 17.2 Å². The molecule has 0 spiro atoms. The smallest absolute Gasteiger partial charge is 0.130 e. The van der Waals surface area contributed by atoms with Crippen LogP contribution in [0.1, 0.15) is 5.69 Å². The average molecular weight is 279 g/mol. The van der Waals surface area contributed by atoms with E-state index in [4.69, 9.17) is 21.4 Å². The number of hydrogen-bond acceptors (Lipinski definition) is 4. The number of nitrogens with zero attached hydrogens (tertiary/aromatic N) is 1. The van der Waals surface area contributed by atoms with E-state index < -0.39 is 0 Å². The summed E-state index contributed by atoms with van der Waals surface area (Å²) in [5.74, 6) is 1.45. The molecule has 0 aliphatic heterocycles. The van der Waals surface area contributed by atoms with E-state index >= 15 is 0 Å². The van der Waals surface area contributed by atoms with Crippen LogP contribution in [-0.2, 0) is 6.54 Å². The Morgan fingerprint density at radius 1 is 1.16 bits per heavy atom. The van der Waals surface area contributed by atoms with Gasteiger partial charge < -0.3 is 15.2 Å². The Hall–Kier alpha value is -1.62. The summed E-state index contributed by atoms with van der Waals surface area (Å²) in [4.78, 5) is 4.22. The van der Waals surface area contributed by atoms with Gasteiger partial charge in [-0.3, -0.25) is 4.98 Å². The highest BCUT2D eigenvalue weighted by Crippen LogP contribution is 2.22. The number of halogens is 1. The molecule has 0 atom stereocenters. The van der Waals surface area contributed by atoms with E-state index in [9.17, 15) is 0 Å². The van der Waals surface area contributed by atoms with Crippen LogP contribution in [-0.4, -0.2) is 23.2 Å². The van der Waals surface area contributed by atoms with Crippen molar-refractivity contribution in [2.24, 2.45) is 0 Å². The summed E-state index contributed by atoms with van der Waals surface area (Å²) in [6.07, 6.45) is 1.70. The van der Waals surface area contributed by atoms with E-state index in [1.807, 2.05) is 18.2 Å². The zero-order valence-corrected chi connectivity index (χ0v) is 11.1. The summed E-state index contributed by atoms with van der Waals surface area (Å²) in [5, 5.41) is 12.4. The monoisotopic (exact) mass is 278 g/mol. The second kappa shape index (κ2) is 7.09. The first-order valence-electron chi connectivity index (χ1n) is 5.98. The van der Waals surface area contributed by atoms with Gasteiger partial charge in [-0.1, -0.05) is 11.6 Å². The van der Waals surface area contributed by atoms with Gasteiger partial charge in [0.15, 0.2) is 0 Å². The highest BCUT2D eigenvalue weighted by molar-refractivity contribution is 6.30. The topological polar surface area (TPSA) is 54.4 Å². The third-order valence-electron chi connectivity index (χ3n) is 2.43. The largest absolute Gasteiger partial charge is 0.457 e. The van der Waals surface area contributed by atoms with E-state index in [1.165, 1.54) is 0 Å². The first-order valence-corrected chi connectivity index (χ1v) is 6.35. The second-order valence-electron chi connectivity index (χ2n) is 3.94. The number of pyridine rings is 1. The lowest BCUT2D eigenvalue weighted by molar-refractivity contribution is 0.291. The fourth-order valence-corrected chi connectivity index (χ4v) is 1.68. The molecule has 5 heteroatoms. The quantitative estimate of drug-likeness (QED) is 0.798. The van der Waals surface area contributed by atoms with Crippen LogP contribution in [0.15, 0.2) is 42.6 Å². The van der Waals surface area contributed by atoms with Gasteiger partial charge in [-0.2, -0.15) is 0 Å². The molecule has 100 valence electrons. The molecular weight excluding hydrogens is 264 g/mol. The van der Waals surface area contributed by atoms with Gasteiger partial charge in [-0.05, 0) is 30.3 Å². The number of hydrogen-bond donors (Lipinski definition) is 2. The first-order chi connectivity index (χ1) is 9.28. The first kappa shape index (κ1) is 13.8. The Morgan fingerprint density at radius 2 is 1.95 bits per heavy atom. The number of aliphatic hydroxyl groups excluding tert-OH is 1. The molecule has 0 aliphatic rings. The van der Waals surface area contributed by atoms with Crippen molar-refractivity contribution in [3.05, 3.63) is 53.3 Å². The fraction of sp³-hybridized carbons (Fsp3) is 0.214. The summed E-state index contributed by atoms with van der Waals surface area (Å²) in [5.41, 5.74) is 0.861. The van der Waals surface area contributed by atoms with Gasteiger partial charge in [0.2, 0.25) is 0 Å². The molecule has 0 amide bonds. The summed E-state index contributed by atoms with van der Waals surface area (Å²) >= 11 is 5.82. The number of aromatic nitrogens is 1. The van der Waals surface area contributed by atoms with E-state index in [2.05, 4.69) is 10.3 Å². The molecule has 0 saturated heterocycles. The van der Waals surface area contributed by atoms with Gasteiger partial charge in [0.1, 0.15) is 11.5 Å². The zero-order valence-electron chi connectivity index (χ0n) is 10.3. The molecule has 1 heterocycles. The van der Waals surface area contributed by atoms with Gasteiger partial charge in [0, 0.05) is 30.4 Å². The van der Waals surface area contributed by atoms with Crippen LogP contribution in [0, 0.1) is 0 Å². The molecule has 1 aromatic carbocycles. The maximum atomic E-state index is 8.70. The highest BCUT2D eigenvalue weighted by atomic mass is 35.5. The van der Waals surface area contributed by atoms with Crippen molar-refractivity contribution in [1.82, 2.24) is 10.3 Å². The molecule has 2 rings (SSSR count). The lowest BCUT2D eigenvalue weighted by Gasteiger charge is -2.07. The van der Waals surface area contributed by atoms with Gasteiger partial charge >= 0.3 is 0 Å². The molecule has 2 N–H and O–H groups in total. The predicted molar refractivity (Wildman–Crippen MR) is 74.6 cm³/mol. The van der Waals surface area contributed by atoms with Crippen molar-refractivity contribution in [2.75, 3.05) is 13.2 Å². The Balaban J connectivity index is 2.00. The maximum absolute atomic E-state index is 8.70. The Bertz CT molecular complexity index is 517. The molecule has 19 heavy (non-hydrogen) atoms. The van der Waals surface area contributed by atoms with Crippen molar-refractivity contribution in [2.45, 2.75) is 6.54 Å². The van der Waals surface area contributed by atoms with Gasteiger partial charge in [0.25, 0.3) is 0 Å².